The fourth-order valence-electron chi connectivity index (χ4n) is 2.52. The first-order valence-electron chi connectivity index (χ1n) is 9.71. The minimum absolute atomic E-state index is 0.0721. The number of carbonyl (C=O) groups excluding carboxylic acids is 1. The predicted octanol–water partition coefficient (Wildman–Crippen LogP) is 4.87. The summed E-state index contributed by atoms with van der Waals surface area (Å²) < 4.78 is 33.6. The Morgan fingerprint density at radius 3 is 2.55 bits per heavy atom. The number of carbonyl (C=O) groups is 1. The third-order valence-corrected chi connectivity index (χ3v) is 7.07. The van der Waals surface area contributed by atoms with E-state index in [4.69, 9.17) is 17.0 Å². The molecule has 12 heteroatoms. The number of anilines is 2. The van der Waals surface area contributed by atoms with Crippen LogP contribution in [0.1, 0.15) is 24.2 Å². The average Bonchev–Trinajstić information content (AvgIpc) is 3.25. The van der Waals surface area contributed by atoms with Gasteiger partial charge in [0.05, 0.1) is 16.0 Å². The number of ether oxygens (including phenoxy) is 1. The second-order valence-electron chi connectivity index (χ2n) is 7.23. The molecular weight excluding hydrogens is 548 g/mol. The van der Waals surface area contributed by atoms with Gasteiger partial charge in [-0.25, -0.2) is 13.4 Å². The molecule has 3 N–H and O–H groups in total. The summed E-state index contributed by atoms with van der Waals surface area (Å²) in [4.78, 5) is 16.5. The van der Waals surface area contributed by atoms with E-state index in [1.165, 1.54) is 29.7 Å². The van der Waals surface area contributed by atoms with Gasteiger partial charge in [-0.3, -0.25) is 14.8 Å². The zero-order chi connectivity index (χ0) is 24.0. The molecule has 3 rings (SSSR count). The van der Waals surface area contributed by atoms with E-state index < -0.39 is 15.9 Å². The maximum atomic E-state index is 12.5. The van der Waals surface area contributed by atoms with Gasteiger partial charge < -0.3 is 10.1 Å². The van der Waals surface area contributed by atoms with Crippen LogP contribution in [0.5, 0.6) is 5.75 Å². The van der Waals surface area contributed by atoms with Crippen LogP contribution in [0, 0.1) is 5.92 Å². The molecule has 33 heavy (non-hydrogen) atoms. The van der Waals surface area contributed by atoms with Crippen molar-refractivity contribution in [1.29, 1.82) is 0 Å². The van der Waals surface area contributed by atoms with E-state index in [-0.39, 0.29) is 15.1 Å². The number of benzene rings is 2. The fraction of sp³-hybridized carbons (Fsp3) is 0.190. The predicted molar refractivity (Wildman–Crippen MR) is 138 cm³/mol. The number of thiocarbonyl (C=S) groups is 1. The molecular formula is C21H21BrN4O4S3. The molecule has 0 atom stereocenters. The van der Waals surface area contributed by atoms with Crippen molar-refractivity contribution < 1.29 is 17.9 Å². The van der Waals surface area contributed by atoms with Crippen molar-refractivity contribution in [1.82, 2.24) is 10.3 Å². The van der Waals surface area contributed by atoms with Crippen LogP contribution in [-0.2, 0) is 10.0 Å². The normalized spacial score (nSPS) is 11.2. The molecule has 1 heterocycles. The summed E-state index contributed by atoms with van der Waals surface area (Å²) in [5.41, 5.74) is 0.921. The maximum absolute atomic E-state index is 12.5. The monoisotopic (exact) mass is 568 g/mol. The van der Waals surface area contributed by atoms with Crippen LogP contribution in [-0.4, -0.2) is 31.0 Å². The highest BCUT2D eigenvalue weighted by molar-refractivity contribution is 9.10. The van der Waals surface area contributed by atoms with Crippen molar-refractivity contribution in [2.24, 2.45) is 5.92 Å². The second kappa shape index (κ2) is 11.1. The van der Waals surface area contributed by atoms with E-state index in [0.717, 1.165) is 0 Å². The molecule has 1 aromatic heterocycles. The van der Waals surface area contributed by atoms with Crippen molar-refractivity contribution in [3.05, 3.63) is 64.1 Å². The van der Waals surface area contributed by atoms with Crippen LogP contribution < -0.4 is 20.1 Å². The quantitative estimate of drug-likeness (QED) is 0.332. The number of nitrogens with one attached hydrogen (secondary N) is 3. The minimum atomic E-state index is -3.75. The largest absolute Gasteiger partial charge is 0.492 e. The second-order valence-corrected chi connectivity index (χ2v) is 11.1. The lowest BCUT2D eigenvalue weighted by atomic mass is 10.2. The number of halogens is 1. The van der Waals surface area contributed by atoms with Crippen LogP contribution in [0.25, 0.3) is 0 Å². The molecule has 0 bridgehead atoms. The van der Waals surface area contributed by atoms with E-state index in [9.17, 15) is 13.2 Å². The summed E-state index contributed by atoms with van der Waals surface area (Å²) in [7, 11) is -3.75. The summed E-state index contributed by atoms with van der Waals surface area (Å²) in [6, 6.07) is 11.0. The van der Waals surface area contributed by atoms with Crippen molar-refractivity contribution >= 4 is 71.3 Å². The Labute approximate surface area is 210 Å². The fourth-order valence-corrected chi connectivity index (χ4v) is 5.01. The highest BCUT2D eigenvalue weighted by atomic mass is 79.9. The SMILES string of the molecule is CC(C)COc1ccc(C(=O)NC(=S)Nc2ccc(S(=O)(=O)Nc3nccs3)cc2)cc1Br. The lowest BCUT2D eigenvalue weighted by Gasteiger charge is -2.13. The summed E-state index contributed by atoms with van der Waals surface area (Å²) in [6.07, 6.45) is 1.51. The first-order valence-corrected chi connectivity index (χ1v) is 13.3. The van der Waals surface area contributed by atoms with Crippen molar-refractivity contribution in [2.45, 2.75) is 18.7 Å². The average molecular weight is 570 g/mol. The first kappa shape index (κ1) is 25.1. The van der Waals surface area contributed by atoms with E-state index >= 15 is 0 Å². The number of rotatable bonds is 8. The van der Waals surface area contributed by atoms with Crippen LogP contribution in [0.4, 0.5) is 10.8 Å². The first-order chi connectivity index (χ1) is 15.6. The van der Waals surface area contributed by atoms with Gasteiger partial charge in [0, 0.05) is 22.8 Å². The number of amides is 1. The molecule has 0 unspecified atom stereocenters. The van der Waals surface area contributed by atoms with E-state index in [2.05, 4.69) is 50.1 Å². The summed E-state index contributed by atoms with van der Waals surface area (Å²) in [6.45, 7) is 4.67. The third-order valence-electron chi connectivity index (χ3n) is 4.07. The number of hydrogen-bond acceptors (Lipinski definition) is 7. The van der Waals surface area contributed by atoms with Crippen LogP contribution in [0.2, 0.25) is 0 Å². The Morgan fingerprint density at radius 2 is 1.94 bits per heavy atom. The van der Waals surface area contributed by atoms with E-state index in [0.29, 0.717) is 34.0 Å². The Bertz CT molecular complexity index is 1230. The lowest BCUT2D eigenvalue weighted by Crippen LogP contribution is -2.34. The van der Waals surface area contributed by atoms with Gasteiger partial charge in [-0.2, -0.15) is 0 Å². The zero-order valence-corrected chi connectivity index (χ0v) is 21.7. The number of sulfonamides is 1. The summed E-state index contributed by atoms with van der Waals surface area (Å²) in [5.74, 6) is 0.641. The topological polar surface area (TPSA) is 109 Å². The molecule has 0 aliphatic carbocycles. The molecule has 0 spiro atoms. The van der Waals surface area contributed by atoms with E-state index in [1.54, 1.807) is 35.7 Å². The molecule has 8 nitrogen and oxygen atoms in total. The van der Waals surface area contributed by atoms with Gasteiger partial charge in [-0.15, -0.1) is 11.3 Å². The van der Waals surface area contributed by atoms with Gasteiger partial charge in [0.1, 0.15) is 5.75 Å². The van der Waals surface area contributed by atoms with Gasteiger partial charge >= 0.3 is 0 Å². The van der Waals surface area contributed by atoms with Gasteiger partial charge in [0.15, 0.2) is 10.2 Å². The highest BCUT2D eigenvalue weighted by Crippen LogP contribution is 2.26. The molecule has 1 amide bonds. The molecule has 174 valence electrons. The number of nitrogens with zero attached hydrogens (tertiary/aromatic N) is 1. The van der Waals surface area contributed by atoms with Crippen LogP contribution >= 0.6 is 39.5 Å². The van der Waals surface area contributed by atoms with Crippen LogP contribution in [0.15, 0.2) is 63.4 Å². The summed E-state index contributed by atoms with van der Waals surface area (Å²) >= 11 is 9.81. The minimum Gasteiger partial charge on any atom is -0.492 e. The molecule has 0 saturated carbocycles. The third kappa shape index (κ3) is 7.22. The van der Waals surface area contributed by atoms with Gasteiger partial charge in [-0.05, 0) is 76.5 Å². The lowest BCUT2D eigenvalue weighted by molar-refractivity contribution is 0.0977. The molecule has 0 saturated heterocycles. The molecule has 0 fully saturated rings. The Kier molecular flexibility index (Phi) is 8.40. The smallest absolute Gasteiger partial charge is 0.263 e. The molecule has 3 aromatic rings. The van der Waals surface area contributed by atoms with Crippen LogP contribution in [0.3, 0.4) is 0 Å². The van der Waals surface area contributed by atoms with Crippen molar-refractivity contribution in [2.75, 3.05) is 16.6 Å². The number of thiazole rings is 1. The van der Waals surface area contributed by atoms with Crippen molar-refractivity contribution in [3.63, 3.8) is 0 Å². The van der Waals surface area contributed by atoms with Gasteiger partial charge in [-0.1, -0.05) is 13.8 Å². The highest BCUT2D eigenvalue weighted by Gasteiger charge is 2.16. The molecule has 0 aliphatic heterocycles. The standard InChI is InChI=1S/C21H21BrN4O4S3/c1-13(2)12-30-18-8-3-14(11-17(18)22)19(27)25-20(31)24-15-4-6-16(7-5-15)33(28,29)26-21-23-9-10-32-21/h3-11,13H,12H2,1-2H3,(H,23,26)(H2,24,25,27,31). The summed E-state index contributed by atoms with van der Waals surface area (Å²) in [5, 5.41) is 7.50. The molecule has 0 aliphatic rings. The number of aromatic nitrogens is 1. The van der Waals surface area contributed by atoms with E-state index in [1.807, 2.05) is 0 Å². The maximum Gasteiger partial charge on any atom is 0.263 e. The van der Waals surface area contributed by atoms with Gasteiger partial charge in [0.2, 0.25) is 0 Å². The number of hydrogen-bond donors (Lipinski definition) is 3. The Balaban J connectivity index is 1.58. The Morgan fingerprint density at radius 1 is 1.21 bits per heavy atom. The molecule has 0 radical (unpaired) electrons. The zero-order valence-electron chi connectivity index (χ0n) is 17.7. The van der Waals surface area contributed by atoms with Crippen molar-refractivity contribution in [3.8, 4) is 5.75 Å². The van der Waals surface area contributed by atoms with Gasteiger partial charge in [0.25, 0.3) is 15.9 Å². The Hall–Kier alpha value is -2.54. The molecule has 2 aromatic carbocycles.